The number of para-hydroxylation sites is 1. The quantitative estimate of drug-likeness (QED) is 0.805. The monoisotopic (exact) mass is 380 g/mol. The molecule has 0 fully saturated rings. The predicted octanol–water partition coefficient (Wildman–Crippen LogP) is 2.90. The fourth-order valence-corrected chi connectivity index (χ4v) is 2.08. The average molecular weight is 380 g/mol. The molecular weight excluding hydrogens is 367 g/mol. The Kier molecular flexibility index (Phi) is 4.73. The number of rotatable bonds is 3. The van der Waals surface area contributed by atoms with Crippen molar-refractivity contribution in [2.24, 2.45) is 0 Å². The van der Waals surface area contributed by atoms with E-state index in [1.807, 2.05) is 12.1 Å². The summed E-state index contributed by atoms with van der Waals surface area (Å²) in [6, 6.07) is 14.1. The number of carbonyl (C=O) groups excluding carboxylic acids is 2. The summed E-state index contributed by atoms with van der Waals surface area (Å²) in [7, 11) is 1.56. The summed E-state index contributed by atoms with van der Waals surface area (Å²) < 4.78 is 1.06. The van der Waals surface area contributed by atoms with E-state index >= 15 is 0 Å². The van der Waals surface area contributed by atoms with E-state index in [9.17, 15) is 9.59 Å². The highest BCUT2D eigenvalue weighted by atomic mass is 127. The Balaban J connectivity index is 2.24. The molecule has 2 aromatic rings. The minimum Gasteiger partial charge on any atom is -0.355 e. The maximum Gasteiger partial charge on any atom is 0.255 e. The molecule has 0 bridgehead atoms. The highest BCUT2D eigenvalue weighted by Gasteiger charge is 2.12. The first-order valence-electron chi connectivity index (χ1n) is 6.00. The number of halogens is 1. The summed E-state index contributed by atoms with van der Waals surface area (Å²) in [6.45, 7) is 0. The standard InChI is InChI=1S/C15H13IN2O2/c1-17-15(20)12-4-2-3-5-13(12)18-14(19)10-6-8-11(16)9-7-10/h2-9H,1H3,(H,17,20)(H,18,19). The number of amides is 2. The second kappa shape index (κ2) is 6.51. The van der Waals surface area contributed by atoms with E-state index in [1.54, 1.807) is 43.4 Å². The topological polar surface area (TPSA) is 58.2 Å². The number of carbonyl (C=O) groups is 2. The van der Waals surface area contributed by atoms with E-state index in [2.05, 4.69) is 33.2 Å². The summed E-state index contributed by atoms with van der Waals surface area (Å²) in [5.74, 6) is -0.471. The van der Waals surface area contributed by atoms with Crippen molar-refractivity contribution in [1.29, 1.82) is 0 Å². The van der Waals surface area contributed by atoms with Crippen LogP contribution in [0.5, 0.6) is 0 Å². The van der Waals surface area contributed by atoms with Crippen LogP contribution in [0.2, 0.25) is 0 Å². The van der Waals surface area contributed by atoms with Crippen LogP contribution in [0.4, 0.5) is 5.69 Å². The molecule has 2 N–H and O–H groups in total. The maximum absolute atomic E-state index is 12.1. The Labute approximate surface area is 130 Å². The Bertz CT molecular complexity index is 639. The van der Waals surface area contributed by atoms with Gasteiger partial charge in [-0.15, -0.1) is 0 Å². The summed E-state index contributed by atoms with van der Waals surface area (Å²) >= 11 is 2.18. The highest BCUT2D eigenvalue weighted by molar-refractivity contribution is 14.1. The van der Waals surface area contributed by atoms with Crippen molar-refractivity contribution in [2.45, 2.75) is 0 Å². The van der Waals surface area contributed by atoms with E-state index in [0.29, 0.717) is 16.8 Å². The van der Waals surface area contributed by atoms with Crippen molar-refractivity contribution in [3.05, 3.63) is 63.2 Å². The first-order valence-corrected chi connectivity index (χ1v) is 7.07. The highest BCUT2D eigenvalue weighted by Crippen LogP contribution is 2.16. The van der Waals surface area contributed by atoms with Crippen molar-refractivity contribution < 1.29 is 9.59 Å². The SMILES string of the molecule is CNC(=O)c1ccccc1NC(=O)c1ccc(I)cc1. The zero-order valence-corrected chi connectivity index (χ0v) is 13.0. The number of benzene rings is 2. The molecule has 0 atom stereocenters. The lowest BCUT2D eigenvalue weighted by molar-refractivity contribution is 0.0964. The Morgan fingerprint density at radius 2 is 1.60 bits per heavy atom. The van der Waals surface area contributed by atoms with Gasteiger partial charge in [-0.05, 0) is 59.0 Å². The van der Waals surface area contributed by atoms with E-state index in [1.165, 1.54) is 0 Å². The molecule has 0 spiro atoms. The third kappa shape index (κ3) is 3.36. The van der Waals surface area contributed by atoms with Gasteiger partial charge in [0.05, 0.1) is 11.3 Å². The van der Waals surface area contributed by atoms with Crippen LogP contribution < -0.4 is 10.6 Å². The van der Waals surface area contributed by atoms with Crippen LogP contribution in [0.1, 0.15) is 20.7 Å². The van der Waals surface area contributed by atoms with Gasteiger partial charge >= 0.3 is 0 Å². The molecule has 2 amide bonds. The van der Waals surface area contributed by atoms with Crippen LogP contribution in [0, 0.1) is 3.57 Å². The van der Waals surface area contributed by atoms with Crippen LogP contribution in [-0.2, 0) is 0 Å². The molecule has 2 aromatic carbocycles. The van der Waals surface area contributed by atoms with Crippen molar-refractivity contribution >= 4 is 40.1 Å². The summed E-state index contributed by atoms with van der Waals surface area (Å²) in [5.41, 5.74) is 1.49. The van der Waals surface area contributed by atoms with Gasteiger partial charge in [0.2, 0.25) is 0 Å². The second-order valence-corrected chi connectivity index (χ2v) is 5.33. The first kappa shape index (κ1) is 14.5. The molecule has 0 aliphatic rings. The van der Waals surface area contributed by atoms with Gasteiger partial charge in [-0.25, -0.2) is 0 Å². The lowest BCUT2D eigenvalue weighted by Crippen LogP contribution is -2.21. The molecule has 0 saturated carbocycles. The number of nitrogens with one attached hydrogen (secondary N) is 2. The minimum absolute atomic E-state index is 0.233. The third-order valence-electron chi connectivity index (χ3n) is 2.75. The van der Waals surface area contributed by atoms with Crippen LogP contribution >= 0.6 is 22.6 Å². The van der Waals surface area contributed by atoms with Crippen LogP contribution in [-0.4, -0.2) is 18.9 Å². The van der Waals surface area contributed by atoms with Gasteiger partial charge in [0.1, 0.15) is 0 Å². The normalized spacial score (nSPS) is 9.90. The first-order chi connectivity index (χ1) is 9.61. The lowest BCUT2D eigenvalue weighted by atomic mass is 10.1. The number of hydrogen-bond acceptors (Lipinski definition) is 2. The second-order valence-electron chi connectivity index (χ2n) is 4.09. The molecule has 4 nitrogen and oxygen atoms in total. The molecule has 0 aliphatic carbocycles. The van der Waals surface area contributed by atoms with Crippen molar-refractivity contribution in [3.63, 3.8) is 0 Å². The van der Waals surface area contributed by atoms with Crippen molar-refractivity contribution in [2.75, 3.05) is 12.4 Å². The summed E-state index contributed by atoms with van der Waals surface area (Å²) in [4.78, 5) is 23.9. The molecule has 20 heavy (non-hydrogen) atoms. The predicted molar refractivity (Wildman–Crippen MR) is 86.9 cm³/mol. The minimum atomic E-state index is -0.238. The lowest BCUT2D eigenvalue weighted by Gasteiger charge is -2.10. The fourth-order valence-electron chi connectivity index (χ4n) is 1.72. The van der Waals surface area contributed by atoms with Gasteiger partial charge in [0.15, 0.2) is 0 Å². The molecule has 5 heteroatoms. The van der Waals surface area contributed by atoms with Gasteiger partial charge < -0.3 is 10.6 Å². The molecule has 2 rings (SSSR count). The Hall–Kier alpha value is -1.89. The van der Waals surface area contributed by atoms with Crippen LogP contribution in [0.25, 0.3) is 0 Å². The van der Waals surface area contributed by atoms with Gasteiger partial charge in [-0.1, -0.05) is 12.1 Å². The largest absolute Gasteiger partial charge is 0.355 e. The smallest absolute Gasteiger partial charge is 0.255 e. The Morgan fingerprint density at radius 3 is 2.25 bits per heavy atom. The Morgan fingerprint density at radius 1 is 0.950 bits per heavy atom. The molecule has 0 saturated heterocycles. The molecule has 0 aromatic heterocycles. The third-order valence-corrected chi connectivity index (χ3v) is 3.47. The molecule has 0 heterocycles. The molecule has 0 unspecified atom stereocenters. The van der Waals surface area contributed by atoms with Crippen molar-refractivity contribution in [1.82, 2.24) is 5.32 Å². The summed E-state index contributed by atoms with van der Waals surface area (Å²) in [6.07, 6.45) is 0. The van der Waals surface area contributed by atoms with Crippen molar-refractivity contribution in [3.8, 4) is 0 Å². The van der Waals surface area contributed by atoms with Crippen LogP contribution in [0.15, 0.2) is 48.5 Å². The van der Waals surface area contributed by atoms with Gasteiger partial charge in [0.25, 0.3) is 11.8 Å². The fraction of sp³-hybridized carbons (Fsp3) is 0.0667. The number of hydrogen-bond donors (Lipinski definition) is 2. The molecule has 102 valence electrons. The van der Waals surface area contributed by atoms with Gasteiger partial charge in [-0.3, -0.25) is 9.59 Å². The van der Waals surface area contributed by atoms with E-state index in [4.69, 9.17) is 0 Å². The zero-order valence-electron chi connectivity index (χ0n) is 10.8. The average Bonchev–Trinajstić information content (AvgIpc) is 2.47. The maximum atomic E-state index is 12.1. The summed E-state index contributed by atoms with van der Waals surface area (Å²) in [5, 5.41) is 5.31. The zero-order chi connectivity index (χ0) is 14.5. The molecule has 0 aliphatic heterocycles. The van der Waals surface area contributed by atoms with E-state index in [0.717, 1.165) is 3.57 Å². The van der Waals surface area contributed by atoms with E-state index in [-0.39, 0.29) is 11.8 Å². The molecular formula is C15H13IN2O2. The van der Waals surface area contributed by atoms with Gasteiger partial charge in [-0.2, -0.15) is 0 Å². The van der Waals surface area contributed by atoms with Gasteiger partial charge in [0, 0.05) is 16.2 Å². The molecule has 0 radical (unpaired) electrons. The number of anilines is 1. The van der Waals surface area contributed by atoms with E-state index < -0.39 is 0 Å². The van der Waals surface area contributed by atoms with Crippen LogP contribution in [0.3, 0.4) is 0 Å².